The first-order valence-electron chi connectivity index (χ1n) is 12.5. The highest BCUT2D eigenvalue weighted by atomic mass is 16.5. The zero-order chi connectivity index (χ0) is 28.0. The van der Waals surface area contributed by atoms with Gasteiger partial charge in [0, 0.05) is 11.6 Å². The van der Waals surface area contributed by atoms with Crippen molar-refractivity contribution < 1.29 is 23.8 Å². The van der Waals surface area contributed by atoms with E-state index in [2.05, 4.69) is 37.4 Å². The highest BCUT2D eigenvalue weighted by Crippen LogP contribution is 2.32. The van der Waals surface area contributed by atoms with Gasteiger partial charge in [-0.3, -0.25) is 0 Å². The number of ether oxygens (including phenoxy) is 3. The smallest absolute Gasteiger partial charge is 0.338 e. The maximum atomic E-state index is 11.7. The molecular formula is C34H30O5. The molecule has 5 heteroatoms. The molecule has 5 nitrogen and oxygen atoms in total. The molecule has 0 aromatic heterocycles. The van der Waals surface area contributed by atoms with E-state index in [1.807, 2.05) is 62.4 Å². The van der Waals surface area contributed by atoms with Gasteiger partial charge in [-0.2, -0.15) is 0 Å². The number of hydrogen-bond acceptors (Lipinski definition) is 5. The zero-order valence-corrected chi connectivity index (χ0v) is 22.3. The maximum Gasteiger partial charge on any atom is 0.338 e. The SMILES string of the molecule is C=CC(=O)Oc1ccc(-c2ccc(OC(C)(C)c3ccc(-c4ccc(OC(=O)C(=C)C)cc4)cc3)cc2)cc1. The zero-order valence-electron chi connectivity index (χ0n) is 22.3. The summed E-state index contributed by atoms with van der Waals surface area (Å²) in [5.41, 5.74) is 4.91. The molecule has 0 N–H and O–H groups in total. The normalized spacial score (nSPS) is 10.8. The van der Waals surface area contributed by atoms with E-state index in [0.717, 1.165) is 39.6 Å². The van der Waals surface area contributed by atoms with E-state index in [1.54, 1.807) is 31.2 Å². The number of benzene rings is 4. The lowest BCUT2D eigenvalue weighted by Crippen LogP contribution is -2.25. The van der Waals surface area contributed by atoms with Crippen molar-refractivity contribution in [3.05, 3.63) is 127 Å². The van der Waals surface area contributed by atoms with Crippen LogP contribution in [0.25, 0.3) is 22.3 Å². The molecule has 4 aromatic carbocycles. The molecule has 0 spiro atoms. The van der Waals surface area contributed by atoms with Gasteiger partial charge in [0.25, 0.3) is 0 Å². The number of carbonyl (C=O) groups excluding carboxylic acids is 2. The number of carbonyl (C=O) groups is 2. The summed E-state index contributed by atoms with van der Waals surface area (Å²) in [7, 11) is 0. The summed E-state index contributed by atoms with van der Waals surface area (Å²) in [6.45, 7) is 12.7. The minimum Gasteiger partial charge on any atom is -0.483 e. The molecule has 0 amide bonds. The lowest BCUT2D eigenvalue weighted by molar-refractivity contribution is -0.130. The molecule has 0 bridgehead atoms. The van der Waals surface area contributed by atoms with Gasteiger partial charge in [0.05, 0.1) is 0 Å². The van der Waals surface area contributed by atoms with Crippen LogP contribution in [0.3, 0.4) is 0 Å². The summed E-state index contributed by atoms with van der Waals surface area (Å²) in [5.74, 6) is 0.780. The largest absolute Gasteiger partial charge is 0.483 e. The van der Waals surface area contributed by atoms with Gasteiger partial charge in [-0.05, 0) is 85.0 Å². The average Bonchev–Trinajstić information content (AvgIpc) is 2.94. The maximum absolute atomic E-state index is 11.7. The first-order valence-corrected chi connectivity index (χ1v) is 12.5. The molecule has 39 heavy (non-hydrogen) atoms. The van der Waals surface area contributed by atoms with Gasteiger partial charge in [-0.1, -0.05) is 73.8 Å². The van der Waals surface area contributed by atoms with Crippen molar-refractivity contribution in [2.45, 2.75) is 26.4 Å². The fourth-order valence-electron chi connectivity index (χ4n) is 3.92. The van der Waals surface area contributed by atoms with Crippen molar-refractivity contribution in [3.63, 3.8) is 0 Å². The second-order valence-electron chi connectivity index (χ2n) is 9.56. The number of esters is 2. The summed E-state index contributed by atoms with van der Waals surface area (Å²) in [5, 5.41) is 0. The lowest BCUT2D eigenvalue weighted by Gasteiger charge is -2.27. The Hall–Kier alpha value is -4.90. The van der Waals surface area contributed by atoms with Crippen LogP contribution in [0, 0.1) is 0 Å². The third-order valence-corrected chi connectivity index (χ3v) is 6.13. The van der Waals surface area contributed by atoms with Crippen molar-refractivity contribution in [3.8, 4) is 39.5 Å². The summed E-state index contributed by atoms with van der Waals surface area (Å²) < 4.78 is 16.7. The third-order valence-electron chi connectivity index (χ3n) is 6.13. The van der Waals surface area contributed by atoms with Crippen LogP contribution in [0.5, 0.6) is 17.2 Å². The van der Waals surface area contributed by atoms with E-state index in [4.69, 9.17) is 14.2 Å². The Morgan fingerprint density at radius 1 is 0.641 bits per heavy atom. The molecule has 4 rings (SSSR count). The molecular weight excluding hydrogens is 488 g/mol. The Morgan fingerprint density at radius 2 is 1.03 bits per heavy atom. The average molecular weight is 519 g/mol. The molecule has 0 unspecified atom stereocenters. The van der Waals surface area contributed by atoms with Gasteiger partial charge in [-0.15, -0.1) is 0 Å². The summed E-state index contributed by atoms with van der Waals surface area (Å²) in [4.78, 5) is 23.1. The van der Waals surface area contributed by atoms with E-state index in [9.17, 15) is 9.59 Å². The van der Waals surface area contributed by atoms with Gasteiger partial charge in [-0.25, -0.2) is 9.59 Å². The van der Waals surface area contributed by atoms with Crippen LogP contribution in [-0.2, 0) is 15.2 Å². The van der Waals surface area contributed by atoms with Crippen LogP contribution in [0.15, 0.2) is 122 Å². The Kier molecular flexibility index (Phi) is 8.11. The molecule has 0 aliphatic rings. The predicted molar refractivity (Wildman–Crippen MR) is 154 cm³/mol. The minimum absolute atomic E-state index is 0.357. The molecule has 0 radical (unpaired) electrons. The van der Waals surface area contributed by atoms with E-state index >= 15 is 0 Å². The highest BCUT2D eigenvalue weighted by Gasteiger charge is 2.23. The second kappa shape index (κ2) is 11.7. The lowest BCUT2D eigenvalue weighted by atomic mass is 9.95. The fourth-order valence-corrected chi connectivity index (χ4v) is 3.92. The van der Waals surface area contributed by atoms with Crippen molar-refractivity contribution in [2.24, 2.45) is 0 Å². The molecule has 0 heterocycles. The molecule has 0 saturated heterocycles. The third kappa shape index (κ3) is 6.90. The summed E-state index contributed by atoms with van der Waals surface area (Å²) >= 11 is 0. The molecule has 0 saturated carbocycles. The van der Waals surface area contributed by atoms with Gasteiger partial charge in [0.1, 0.15) is 22.8 Å². The van der Waals surface area contributed by atoms with Crippen molar-refractivity contribution in [1.29, 1.82) is 0 Å². The fraction of sp³-hybridized carbons (Fsp3) is 0.118. The van der Waals surface area contributed by atoms with Crippen LogP contribution >= 0.6 is 0 Å². The van der Waals surface area contributed by atoms with Gasteiger partial charge < -0.3 is 14.2 Å². The summed E-state index contributed by atoms with van der Waals surface area (Å²) in [6.07, 6.45) is 1.13. The molecule has 0 aliphatic carbocycles. The van der Waals surface area contributed by atoms with Gasteiger partial charge in [0.2, 0.25) is 0 Å². The minimum atomic E-state index is -0.558. The van der Waals surface area contributed by atoms with Crippen LogP contribution in [0.2, 0.25) is 0 Å². The second-order valence-corrected chi connectivity index (χ2v) is 9.56. The number of rotatable bonds is 9. The molecule has 196 valence electrons. The summed E-state index contributed by atoms with van der Waals surface area (Å²) in [6, 6.07) is 30.8. The molecule has 0 fully saturated rings. The first kappa shape index (κ1) is 27.1. The standard InChI is InChI=1S/C34H30O5/c1-6-32(35)37-29-17-9-26(10-18-29)27-13-21-31(22-14-27)39-34(4,5)28-15-7-24(8-16-28)25-11-19-30(20-12-25)38-33(36)23(2)3/h6-22H,1-2H2,3-5H3. The van der Waals surface area contributed by atoms with E-state index in [1.165, 1.54) is 0 Å². The quantitative estimate of drug-likeness (QED) is 0.128. The van der Waals surface area contributed by atoms with Gasteiger partial charge >= 0.3 is 11.9 Å². The van der Waals surface area contributed by atoms with Crippen molar-refractivity contribution in [1.82, 2.24) is 0 Å². The van der Waals surface area contributed by atoms with Crippen molar-refractivity contribution in [2.75, 3.05) is 0 Å². The van der Waals surface area contributed by atoms with Crippen LogP contribution < -0.4 is 14.2 Å². The van der Waals surface area contributed by atoms with Crippen molar-refractivity contribution >= 4 is 11.9 Å². The highest BCUT2D eigenvalue weighted by molar-refractivity contribution is 5.88. The monoisotopic (exact) mass is 518 g/mol. The van der Waals surface area contributed by atoms with E-state index in [0.29, 0.717) is 17.1 Å². The molecule has 0 aliphatic heterocycles. The molecule has 0 atom stereocenters. The van der Waals surface area contributed by atoms with E-state index < -0.39 is 17.5 Å². The first-order chi connectivity index (χ1) is 18.6. The number of hydrogen-bond donors (Lipinski definition) is 0. The van der Waals surface area contributed by atoms with Gasteiger partial charge in [0.15, 0.2) is 0 Å². The topological polar surface area (TPSA) is 61.8 Å². The van der Waals surface area contributed by atoms with E-state index in [-0.39, 0.29) is 0 Å². The predicted octanol–water partition coefficient (Wildman–Crippen LogP) is 7.91. The Balaban J connectivity index is 1.40. The Morgan fingerprint density at radius 3 is 1.44 bits per heavy atom. The van der Waals surface area contributed by atoms with Crippen LogP contribution in [0.1, 0.15) is 26.3 Å². The van der Waals surface area contributed by atoms with Crippen LogP contribution in [-0.4, -0.2) is 11.9 Å². The Labute approximate surface area is 229 Å². The van der Waals surface area contributed by atoms with Crippen LogP contribution in [0.4, 0.5) is 0 Å². The molecule has 4 aromatic rings. The Bertz CT molecular complexity index is 1480.